The fourth-order valence-corrected chi connectivity index (χ4v) is 4.87. The van der Waals surface area contributed by atoms with E-state index in [2.05, 4.69) is 47.3 Å². The molecule has 0 radical (unpaired) electrons. The molecule has 0 saturated carbocycles. The SMILES string of the molecule is CCCc1nc2ccc(Br)cc2c(=O)n1N=Cc1cc(Cl)c(OCC(=O)Nc2cccc(F)c2)c(Br)c1. The van der Waals surface area contributed by atoms with E-state index in [0.717, 1.165) is 10.9 Å². The number of rotatable bonds is 8. The van der Waals surface area contributed by atoms with Crippen LogP contribution in [0.1, 0.15) is 24.7 Å². The number of nitrogens with one attached hydrogen (secondary N) is 1. The number of carbonyl (C=O) groups excluding carboxylic acids is 1. The molecule has 0 saturated heterocycles. The lowest BCUT2D eigenvalue weighted by Crippen LogP contribution is -2.22. The summed E-state index contributed by atoms with van der Waals surface area (Å²) in [6.45, 7) is 1.66. The van der Waals surface area contributed by atoms with E-state index in [1.54, 1.807) is 30.3 Å². The number of carbonyl (C=O) groups is 1. The highest BCUT2D eigenvalue weighted by Gasteiger charge is 2.13. The molecule has 4 rings (SSSR count). The number of nitrogens with zero attached hydrogens (tertiary/aromatic N) is 3. The van der Waals surface area contributed by atoms with Crippen LogP contribution in [0.25, 0.3) is 10.9 Å². The summed E-state index contributed by atoms with van der Waals surface area (Å²) >= 11 is 13.2. The Morgan fingerprint density at radius 3 is 2.76 bits per heavy atom. The maximum Gasteiger partial charge on any atom is 0.282 e. The van der Waals surface area contributed by atoms with Crippen molar-refractivity contribution in [2.45, 2.75) is 19.8 Å². The molecule has 0 unspecified atom stereocenters. The number of hydrogen-bond donors (Lipinski definition) is 1. The molecule has 0 bridgehead atoms. The molecule has 3 aromatic carbocycles. The van der Waals surface area contributed by atoms with E-state index >= 15 is 0 Å². The number of aromatic nitrogens is 2. The number of halogens is 4. The van der Waals surface area contributed by atoms with Crippen molar-refractivity contribution in [3.05, 3.63) is 96.1 Å². The monoisotopic (exact) mass is 648 g/mol. The summed E-state index contributed by atoms with van der Waals surface area (Å²) in [7, 11) is 0. The molecule has 11 heteroatoms. The van der Waals surface area contributed by atoms with Gasteiger partial charge < -0.3 is 10.1 Å². The molecule has 37 heavy (non-hydrogen) atoms. The van der Waals surface area contributed by atoms with Gasteiger partial charge in [-0.05, 0) is 76.4 Å². The number of ether oxygens (including phenoxy) is 1. The van der Waals surface area contributed by atoms with Crippen molar-refractivity contribution in [1.29, 1.82) is 0 Å². The molecule has 0 fully saturated rings. The second-order valence-corrected chi connectivity index (χ2v) is 10.1. The van der Waals surface area contributed by atoms with Gasteiger partial charge in [-0.2, -0.15) is 9.78 Å². The third-order valence-electron chi connectivity index (χ3n) is 5.15. The van der Waals surface area contributed by atoms with E-state index < -0.39 is 11.7 Å². The third kappa shape index (κ3) is 6.63. The summed E-state index contributed by atoms with van der Waals surface area (Å²) in [5.74, 6) is -0.127. The summed E-state index contributed by atoms with van der Waals surface area (Å²) in [5, 5.41) is 7.64. The summed E-state index contributed by atoms with van der Waals surface area (Å²) < 4.78 is 21.4. The van der Waals surface area contributed by atoms with Gasteiger partial charge in [0.05, 0.1) is 26.6 Å². The Labute approximate surface area is 233 Å². The summed E-state index contributed by atoms with van der Waals surface area (Å²) in [6.07, 6.45) is 2.87. The topological polar surface area (TPSA) is 85.6 Å². The van der Waals surface area contributed by atoms with Crippen molar-refractivity contribution in [2.24, 2.45) is 5.10 Å². The van der Waals surface area contributed by atoms with Gasteiger partial charge >= 0.3 is 0 Å². The highest BCUT2D eigenvalue weighted by molar-refractivity contribution is 9.10. The maximum atomic E-state index is 13.3. The van der Waals surface area contributed by atoms with E-state index in [1.807, 2.05) is 13.0 Å². The van der Waals surface area contributed by atoms with Crippen molar-refractivity contribution in [3.63, 3.8) is 0 Å². The van der Waals surface area contributed by atoms with Crippen LogP contribution in [0.4, 0.5) is 10.1 Å². The number of aryl methyl sites for hydroxylation is 1. The molecule has 1 N–H and O–H groups in total. The van der Waals surface area contributed by atoms with Gasteiger partial charge in [0.2, 0.25) is 0 Å². The van der Waals surface area contributed by atoms with Crippen molar-refractivity contribution < 1.29 is 13.9 Å². The lowest BCUT2D eigenvalue weighted by molar-refractivity contribution is -0.118. The Kier molecular flexibility index (Phi) is 8.73. The Hall–Kier alpha value is -3.08. The third-order valence-corrected chi connectivity index (χ3v) is 6.51. The molecular weight excluding hydrogens is 631 g/mol. The first-order chi connectivity index (χ1) is 17.7. The fourth-order valence-electron chi connectivity index (χ4n) is 3.52. The number of hydrogen-bond acceptors (Lipinski definition) is 5. The molecule has 7 nitrogen and oxygen atoms in total. The average Bonchev–Trinajstić information content (AvgIpc) is 2.84. The predicted octanol–water partition coefficient (Wildman–Crippen LogP) is 6.57. The maximum absolute atomic E-state index is 13.3. The summed E-state index contributed by atoms with van der Waals surface area (Å²) in [6, 6.07) is 14.2. The standard InChI is InChI=1S/C26H20Br2ClFN4O3/c1-2-4-23-33-22-8-7-16(27)11-19(22)26(36)34(23)31-13-15-9-20(28)25(21(29)10-15)37-14-24(35)32-18-6-3-5-17(30)12-18/h3,5-13H,2,4,14H2,1H3,(H,32,35). The normalized spacial score (nSPS) is 11.3. The van der Waals surface area contributed by atoms with Crippen LogP contribution in [0.3, 0.4) is 0 Å². The molecule has 4 aromatic rings. The fraction of sp³-hybridized carbons (Fsp3) is 0.154. The first kappa shape index (κ1) is 27.0. The molecular formula is C26H20Br2ClFN4O3. The zero-order valence-electron chi connectivity index (χ0n) is 19.5. The van der Waals surface area contributed by atoms with Crippen LogP contribution in [-0.4, -0.2) is 28.4 Å². The Balaban J connectivity index is 1.54. The van der Waals surface area contributed by atoms with E-state index in [1.165, 1.54) is 29.1 Å². The number of amides is 1. The Morgan fingerprint density at radius 1 is 1.22 bits per heavy atom. The molecule has 1 amide bonds. The van der Waals surface area contributed by atoms with Crippen molar-refractivity contribution >= 4 is 72.2 Å². The van der Waals surface area contributed by atoms with Gasteiger partial charge in [-0.25, -0.2) is 9.37 Å². The van der Waals surface area contributed by atoms with Crippen molar-refractivity contribution in [1.82, 2.24) is 9.66 Å². The van der Waals surface area contributed by atoms with Crippen LogP contribution in [0.5, 0.6) is 5.75 Å². The molecule has 0 atom stereocenters. The quantitative estimate of drug-likeness (QED) is 0.219. The van der Waals surface area contributed by atoms with Gasteiger partial charge in [0.15, 0.2) is 12.4 Å². The van der Waals surface area contributed by atoms with E-state index in [0.29, 0.717) is 38.9 Å². The number of anilines is 1. The van der Waals surface area contributed by atoms with E-state index in [4.69, 9.17) is 16.3 Å². The number of fused-ring (bicyclic) bond motifs is 1. The zero-order chi connectivity index (χ0) is 26.5. The summed E-state index contributed by atoms with van der Waals surface area (Å²) in [4.78, 5) is 30.0. The van der Waals surface area contributed by atoms with Crippen LogP contribution >= 0.6 is 43.5 Å². The summed E-state index contributed by atoms with van der Waals surface area (Å²) in [5.41, 5.74) is 1.24. The van der Waals surface area contributed by atoms with Gasteiger partial charge in [0.25, 0.3) is 11.5 Å². The highest BCUT2D eigenvalue weighted by atomic mass is 79.9. The van der Waals surface area contributed by atoms with Gasteiger partial charge in [-0.15, -0.1) is 0 Å². The number of benzene rings is 3. The van der Waals surface area contributed by atoms with Crippen LogP contribution in [-0.2, 0) is 11.2 Å². The minimum absolute atomic E-state index is 0.232. The lowest BCUT2D eigenvalue weighted by atomic mass is 10.2. The minimum Gasteiger partial charge on any atom is -0.481 e. The molecule has 0 spiro atoms. The van der Waals surface area contributed by atoms with Gasteiger partial charge in [-0.1, -0.05) is 40.5 Å². The van der Waals surface area contributed by atoms with Gasteiger partial charge in [0.1, 0.15) is 11.6 Å². The first-order valence-electron chi connectivity index (χ1n) is 11.2. The smallest absolute Gasteiger partial charge is 0.282 e. The highest BCUT2D eigenvalue weighted by Crippen LogP contribution is 2.34. The lowest BCUT2D eigenvalue weighted by Gasteiger charge is -2.12. The van der Waals surface area contributed by atoms with Crippen molar-refractivity contribution in [3.8, 4) is 5.75 Å². The van der Waals surface area contributed by atoms with Crippen LogP contribution in [0.15, 0.2) is 73.4 Å². The van der Waals surface area contributed by atoms with E-state index in [-0.39, 0.29) is 22.9 Å². The zero-order valence-corrected chi connectivity index (χ0v) is 23.4. The van der Waals surface area contributed by atoms with E-state index in [9.17, 15) is 14.0 Å². The molecule has 0 aliphatic heterocycles. The molecule has 1 aromatic heterocycles. The van der Waals surface area contributed by atoms with Crippen LogP contribution < -0.4 is 15.6 Å². The van der Waals surface area contributed by atoms with Gasteiger partial charge in [0, 0.05) is 16.6 Å². The molecule has 0 aliphatic rings. The largest absolute Gasteiger partial charge is 0.481 e. The van der Waals surface area contributed by atoms with Gasteiger partial charge in [-0.3, -0.25) is 9.59 Å². The van der Waals surface area contributed by atoms with Crippen molar-refractivity contribution in [2.75, 3.05) is 11.9 Å². The average molecular weight is 651 g/mol. The Morgan fingerprint density at radius 2 is 2.03 bits per heavy atom. The molecule has 1 heterocycles. The predicted molar refractivity (Wildman–Crippen MR) is 150 cm³/mol. The molecule has 190 valence electrons. The van der Waals surface area contributed by atoms with Crippen LogP contribution in [0, 0.1) is 5.82 Å². The minimum atomic E-state index is -0.475. The second-order valence-electron chi connectivity index (χ2n) is 7.96. The second kappa shape index (κ2) is 12.0. The molecule has 0 aliphatic carbocycles. The van der Waals surface area contributed by atoms with Crippen LogP contribution in [0.2, 0.25) is 5.02 Å². The first-order valence-corrected chi connectivity index (χ1v) is 13.1. The Bertz CT molecular complexity index is 1550.